The minimum absolute atomic E-state index is 0.0590. The first-order valence-corrected chi connectivity index (χ1v) is 6.92. The number of carbonyl (C=O) groups is 2. The molecule has 0 spiro atoms. The molecule has 1 aromatic rings. The van der Waals surface area contributed by atoms with Crippen LogP contribution in [-0.4, -0.2) is 54.8 Å². The van der Waals surface area contributed by atoms with E-state index in [2.05, 4.69) is 10.2 Å². The van der Waals surface area contributed by atoms with E-state index in [4.69, 9.17) is 0 Å². The number of nitrogens with zero attached hydrogens (tertiary/aromatic N) is 2. The lowest BCUT2D eigenvalue weighted by Gasteiger charge is -2.32. The Kier molecular flexibility index (Phi) is 5.12. The second-order valence-corrected chi connectivity index (χ2v) is 5.12. The molecule has 2 amide bonds. The van der Waals surface area contributed by atoms with Crippen LogP contribution in [0.2, 0.25) is 0 Å². The molecule has 5 heteroatoms. The van der Waals surface area contributed by atoms with E-state index < -0.39 is 0 Å². The Labute approximate surface area is 119 Å². The van der Waals surface area contributed by atoms with Gasteiger partial charge in [-0.05, 0) is 12.6 Å². The van der Waals surface area contributed by atoms with Gasteiger partial charge in [-0.25, -0.2) is 0 Å². The Bertz CT molecular complexity index is 453. The lowest BCUT2D eigenvalue weighted by molar-refractivity contribution is -0.137. The first-order chi connectivity index (χ1) is 9.65. The Morgan fingerprint density at radius 1 is 1.10 bits per heavy atom. The van der Waals surface area contributed by atoms with Crippen LogP contribution in [0.3, 0.4) is 0 Å². The van der Waals surface area contributed by atoms with E-state index in [9.17, 15) is 9.59 Å². The predicted molar refractivity (Wildman–Crippen MR) is 77.0 cm³/mol. The van der Waals surface area contributed by atoms with Crippen molar-refractivity contribution < 1.29 is 9.59 Å². The lowest BCUT2D eigenvalue weighted by atomic mass is 10.2. The summed E-state index contributed by atoms with van der Waals surface area (Å²) in [5, 5.41) is 2.78. The fraction of sp³-hybridized carbons (Fsp3) is 0.467. The largest absolute Gasteiger partial charge is 0.352 e. The van der Waals surface area contributed by atoms with Crippen molar-refractivity contribution in [2.75, 3.05) is 33.2 Å². The highest BCUT2D eigenvalue weighted by atomic mass is 16.2. The Morgan fingerprint density at radius 2 is 1.75 bits per heavy atom. The van der Waals surface area contributed by atoms with Gasteiger partial charge in [0.2, 0.25) is 11.8 Å². The van der Waals surface area contributed by atoms with E-state index >= 15 is 0 Å². The van der Waals surface area contributed by atoms with E-state index in [1.807, 2.05) is 37.4 Å². The number of amides is 2. The quantitative estimate of drug-likeness (QED) is 0.813. The molecule has 0 saturated carbocycles. The van der Waals surface area contributed by atoms with Gasteiger partial charge in [-0.3, -0.25) is 9.59 Å². The molecular weight excluding hydrogens is 254 g/mol. The van der Waals surface area contributed by atoms with Crippen molar-refractivity contribution in [3.8, 4) is 0 Å². The zero-order valence-electron chi connectivity index (χ0n) is 11.8. The van der Waals surface area contributed by atoms with E-state index in [-0.39, 0.29) is 18.2 Å². The second-order valence-electron chi connectivity index (χ2n) is 5.12. The monoisotopic (exact) mass is 275 g/mol. The van der Waals surface area contributed by atoms with Crippen molar-refractivity contribution in [3.63, 3.8) is 0 Å². The first-order valence-electron chi connectivity index (χ1n) is 6.92. The summed E-state index contributed by atoms with van der Waals surface area (Å²) in [5.41, 5.74) is 1.04. The van der Waals surface area contributed by atoms with E-state index in [0.29, 0.717) is 19.6 Å². The third kappa shape index (κ3) is 4.35. The highest BCUT2D eigenvalue weighted by Crippen LogP contribution is 2.02. The minimum atomic E-state index is -0.210. The molecule has 1 aliphatic rings. The molecule has 1 saturated heterocycles. The van der Waals surface area contributed by atoms with Crippen LogP contribution in [0.1, 0.15) is 12.0 Å². The molecule has 1 fully saturated rings. The molecule has 0 atom stereocenters. The zero-order chi connectivity index (χ0) is 14.4. The molecule has 1 aliphatic heterocycles. The molecule has 0 bridgehead atoms. The molecule has 1 aromatic carbocycles. The van der Waals surface area contributed by atoms with Crippen LogP contribution in [0.4, 0.5) is 0 Å². The molecule has 2 rings (SSSR count). The molecule has 0 radical (unpaired) electrons. The van der Waals surface area contributed by atoms with E-state index in [0.717, 1.165) is 18.7 Å². The zero-order valence-corrected chi connectivity index (χ0v) is 11.8. The Morgan fingerprint density at radius 3 is 2.40 bits per heavy atom. The summed E-state index contributed by atoms with van der Waals surface area (Å²) in [4.78, 5) is 27.7. The summed E-state index contributed by atoms with van der Waals surface area (Å²) in [7, 11) is 2.04. The van der Waals surface area contributed by atoms with Crippen molar-refractivity contribution in [1.29, 1.82) is 0 Å². The average Bonchev–Trinajstić information content (AvgIpc) is 2.47. The predicted octanol–water partition coefficient (Wildman–Crippen LogP) is 0.467. The van der Waals surface area contributed by atoms with Gasteiger partial charge in [0, 0.05) is 32.7 Å². The number of likely N-dealkylation sites (N-methyl/N-ethyl adjacent to an activating group) is 1. The number of nitrogens with one attached hydrogen (secondary N) is 1. The van der Waals surface area contributed by atoms with Gasteiger partial charge < -0.3 is 15.1 Å². The number of carbonyl (C=O) groups excluding carboxylic acids is 2. The van der Waals surface area contributed by atoms with Crippen LogP contribution < -0.4 is 5.32 Å². The maximum absolute atomic E-state index is 12.0. The van der Waals surface area contributed by atoms with Crippen molar-refractivity contribution in [3.05, 3.63) is 35.9 Å². The topological polar surface area (TPSA) is 52.7 Å². The molecule has 108 valence electrons. The standard InChI is InChI=1S/C15H21N3O2/c1-17-7-9-18(10-8-17)15(20)11-14(19)16-12-13-5-3-2-4-6-13/h2-6H,7-12H2,1H3,(H,16,19). The number of piperazine rings is 1. The Balaban J connectivity index is 1.72. The Hall–Kier alpha value is -1.88. The summed E-state index contributed by atoms with van der Waals surface area (Å²) >= 11 is 0. The van der Waals surface area contributed by atoms with Crippen molar-refractivity contribution in [2.24, 2.45) is 0 Å². The van der Waals surface area contributed by atoms with Crippen molar-refractivity contribution >= 4 is 11.8 Å². The highest BCUT2D eigenvalue weighted by molar-refractivity contribution is 5.96. The van der Waals surface area contributed by atoms with Crippen LogP contribution >= 0.6 is 0 Å². The third-order valence-corrected chi connectivity index (χ3v) is 3.50. The summed E-state index contributed by atoms with van der Waals surface area (Å²) in [6.45, 7) is 3.63. The van der Waals surface area contributed by atoms with Crippen LogP contribution in [-0.2, 0) is 16.1 Å². The molecule has 0 unspecified atom stereocenters. The fourth-order valence-corrected chi connectivity index (χ4v) is 2.16. The van der Waals surface area contributed by atoms with Crippen LogP contribution in [0, 0.1) is 0 Å². The summed E-state index contributed by atoms with van der Waals surface area (Å²) in [5.74, 6) is -0.290. The number of benzene rings is 1. The van der Waals surface area contributed by atoms with Crippen LogP contribution in [0.25, 0.3) is 0 Å². The molecule has 0 aliphatic carbocycles. The molecule has 1 N–H and O–H groups in total. The van der Waals surface area contributed by atoms with Crippen molar-refractivity contribution in [2.45, 2.75) is 13.0 Å². The summed E-state index contributed by atoms with van der Waals surface area (Å²) < 4.78 is 0. The SMILES string of the molecule is CN1CCN(C(=O)CC(=O)NCc2ccccc2)CC1. The van der Waals surface area contributed by atoms with Crippen molar-refractivity contribution in [1.82, 2.24) is 15.1 Å². The van der Waals surface area contributed by atoms with Gasteiger partial charge >= 0.3 is 0 Å². The fourth-order valence-electron chi connectivity index (χ4n) is 2.16. The normalized spacial score (nSPS) is 15.9. The van der Waals surface area contributed by atoms with E-state index in [1.165, 1.54) is 0 Å². The van der Waals surface area contributed by atoms with Crippen LogP contribution in [0.5, 0.6) is 0 Å². The maximum atomic E-state index is 12.0. The van der Waals surface area contributed by atoms with Gasteiger partial charge in [0.05, 0.1) is 0 Å². The smallest absolute Gasteiger partial charge is 0.232 e. The van der Waals surface area contributed by atoms with E-state index in [1.54, 1.807) is 4.90 Å². The summed E-state index contributed by atoms with van der Waals surface area (Å²) in [6, 6.07) is 9.68. The molecule has 0 aromatic heterocycles. The average molecular weight is 275 g/mol. The second kappa shape index (κ2) is 7.05. The van der Waals surface area contributed by atoms with Gasteiger partial charge in [-0.15, -0.1) is 0 Å². The van der Waals surface area contributed by atoms with Crippen LogP contribution in [0.15, 0.2) is 30.3 Å². The maximum Gasteiger partial charge on any atom is 0.232 e. The van der Waals surface area contributed by atoms with Gasteiger partial charge in [0.25, 0.3) is 0 Å². The molecule has 20 heavy (non-hydrogen) atoms. The number of hydrogen-bond acceptors (Lipinski definition) is 3. The molecular formula is C15H21N3O2. The highest BCUT2D eigenvalue weighted by Gasteiger charge is 2.20. The van der Waals surface area contributed by atoms with Gasteiger partial charge in [-0.1, -0.05) is 30.3 Å². The number of hydrogen-bond donors (Lipinski definition) is 1. The molecule has 5 nitrogen and oxygen atoms in total. The first kappa shape index (κ1) is 14.5. The van der Waals surface area contributed by atoms with Gasteiger partial charge in [0.15, 0.2) is 0 Å². The summed E-state index contributed by atoms with van der Waals surface area (Å²) in [6.07, 6.45) is -0.0590. The third-order valence-electron chi connectivity index (χ3n) is 3.50. The minimum Gasteiger partial charge on any atom is -0.352 e. The van der Waals surface area contributed by atoms with Gasteiger partial charge in [0.1, 0.15) is 6.42 Å². The lowest BCUT2D eigenvalue weighted by Crippen LogP contribution is -2.48. The molecule has 1 heterocycles. The number of rotatable bonds is 4. The van der Waals surface area contributed by atoms with Gasteiger partial charge in [-0.2, -0.15) is 0 Å².